The van der Waals surface area contributed by atoms with Crippen molar-refractivity contribution in [1.82, 2.24) is 10.6 Å². The lowest BCUT2D eigenvalue weighted by Gasteiger charge is -2.11. The standard InChI is InChI=1S/C11H14FN3O3.ClH/c1-7(13-2)6-14-11(16)9-4-3-8(12)5-10(9)15(17)18;/h3-5,7,13H,6H2,1-2H3,(H,14,16);1H. The summed E-state index contributed by atoms with van der Waals surface area (Å²) in [5.74, 6) is -1.34. The van der Waals surface area contributed by atoms with Gasteiger partial charge in [0.05, 0.1) is 11.0 Å². The van der Waals surface area contributed by atoms with Crippen molar-refractivity contribution >= 4 is 24.0 Å². The van der Waals surface area contributed by atoms with E-state index >= 15 is 0 Å². The average molecular weight is 292 g/mol. The maximum absolute atomic E-state index is 12.9. The van der Waals surface area contributed by atoms with Crippen molar-refractivity contribution in [1.29, 1.82) is 0 Å². The summed E-state index contributed by atoms with van der Waals surface area (Å²) >= 11 is 0. The van der Waals surface area contributed by atoms with E-state index in [1.165, 1.54) is 0 Å². The van der Waals surface area contributed by atoms with Crippen molar-refractivity contribution in [3.05, 3.63) is 39.7 Å². The second-order valence-corrected chi connectivity index (χ2v) is 3.82. The summed E-state index contributed by atoms with van der Waals surface area (Å²) in [4.78, 5) is 21.7. The number of rotatable bonds is 5. The van der Waals surface area contributed by atoms with E-state index in [4.69, 9.17) is 0 Å². The van der Waals surface area contributed by atoms with Crippen molar-refractivity contribution < 1.29 is 14.1 Å². The Kier molecular flexibility index (Phi) is 6.95. The van der Waals surface area contributed by atoms with Crippen LogP contribution in [0.1, 0.15) is 17.3 Å². The van der Waals surface area contributed by atoms with E-state index in [0.29, 0.717) is 6.54 Å². The average Bonchev–Trinajstić information content (AvgIpc) is 2.35. The van der Waals surface area contributed by atoms with E-state index < -0.39 is 22.3 Å². The number of carbonyl (C=O) groups is 1. The molecule has 1 rings (SSSR count). The minimum Gasteiger partial charge on any atom is -0.350 e. The fraction of sp³-hybridized carbons (Fsp3) is 0.364. The molecule has 1 atom stereocenters. The Morgan fingerprint density at radius 3 is 2.68 bits per heavy atom. The van der Waals surface area contributed by atoms with E-state index in [1.54, 1.807) is 7.05 Å². The number of hydrogen-bond acceptors (Lipinski definition) is 4. The van der Waals surface area contributed by atoms with Gasteiger partial charge in [0, 0.05) is 12.6 Å². The molecule has 19 heavy (non-hydrogen) atoms. The molecule has 0 saturated heterocycles. The van der Waals surface area contributed by atoms with Gasteiger partial charge in [-0.3, -0.25) is 14.9 Å². The van der Waals surface area contributed by atoms with Crippen LogP contribution in [0.15, 0.2) is 18.2 Å². The van der Waals surface area contributed by atoms with Gasteiger partial charge in [0.1, 0.15) is 11.4 Å². The van der Waals surface area contributed by atoms with Gasteiger partial charge in [-0.05, 0) is 26.1 Å². The smallest absolute Gasteiger partial charge is 0.285 e. The first kappa shape index (κ1) is 17.3. The third-order valence-corrected chi connectivity index (χ3v) is 2.46. The Labute approximate surface area is 115 Å². The molecule has 0 radical (unpaired) electrons. The highest BCUT2D eigenvalue weighted by Gasteiger charge is 2.20. The van der Waals surface area contributed by atoms with Crippen LogP contribution in [0.4, 0.5) is 10.1 Å². The number of benzene rings is 1. The molecule has 0 aliphatic rings. The minimum atomic E-state index is -0.778. The molecular weight excluding hydrogens is 277 g/mol. The Morgan fingerprint density at radius 1 is 1.53 bits per heavy atom. The zero-order valence-corrected chi connectivity index (χ0v) is 11.3. The molecule has 2 N–H and O–H groups in total. The molecule has 0 fully saturated rings. The van der Waals surface area contributed by atoms with Crippen LogP contribution in [0.3, 0.4) is 0 Å². The van der Waals surface area contributed by atoms with Crippen LogP contribution >= 0.6 is 12.4 Å². The number of amides is 1. The summed E-state index contributed by atoms with van der Waals surface area (Å²) in [6.45, 7) is 2.17. The van der Waals surface area contributed by atoms with E-state index in [2.05, 4.69) is 10.6 Å². The maximum atomic E-state index is 12.9. The van der Waals surface area contributed by atoms with Crippen molar-refractivity contribution in [3.8, 4) is 0 Å². The topological polar surface area (TPSA) is 84.3 Å². The Bertz CT molecular complexity index is 470. The van der Waals surface area contributed by atoms with Crippen molar-refractivity contribution in [2.45, 2.75) is 13.0 Å². The van der Waals surface area contributed by atoms with Gasteiger partial charge in [0.25, 0.3) is 11.6 Å². The van der Waals surface area contributed by atoms with Gasteiger partial charge < -0.3 is 10.6 Å². The van der Waals surface area contributed by atoms with Crippen molar-refractivity contribution in [2.24, 2.45) is 0 Å². The molecule has 1 amide bonds. The number of nitrogens with one attached hydrogen (secondary N) is 2. The van der Waals surface area contributed by atoms with Crippen LogP contribution in [0.2, 0.25) is 0 Å². The highest BCUT2D eigenvalue weighted by molar-refractivity contribution is 5.98. The number of carbonyl (C=O) groups excluding carboxylic acids is 1. The first-order valence-electron chi connectivity index (χ1n) is 5.35. The molecule has 6 nitrogen and oxygen atoms in total. The third kappa shape index (κ3) is 4.80. The first-order chi connectivity index (χ1) is 8.45. The van der Waals surface area contributed by atoms with Gasteiger partial charge in [-0.15, -0.1) is 12.4 Å². The van der Waals surface area contributed by atoms with Gasteiger partial charge in [0.15, 0.2) is 0 Å². The largest absolute Gasteiger partial charge is 0.350 e. The van der Waals surface area contributed by atoms with E-state index in [1.807, 2.05) is 6.92 Å². The van der Waals surface area contributed by atoms with Crippen molar-refractivity contribution in [3.63, 3.8) is 0 Å². The summed E-state index contributed by atoms with van der Waals surface area (Å²) in [7, 11) is 1.73. The van der Waals surface area contributed by atoms with Gasteiger partial charge in [-0.25, -0.2) is 4.39 Å². The second kappa shape index (κ2) is 7.65. The Morgan fingerprint density at radius 2 is 2.16 bits per heavy atom. The normalized spacial score (nSPS) is 11.3. The summed E-state index contributed by atoms with van der Waals surface area (Å²) < 4.78 is 12.9. The molecule has 0 saturated carbocycles. The van der Waals surface area contributed by atoms with Crippen LogP contribution in [0.25, 0.3) is 0 Å². The van der Waals surface area contributed by atoms with Crippen molar-refractivity contribution in [2.75, 3.05) is 13.6 Å². The van der Waals surface area contributed by atoms with E-state index in [0.717, 1.165) is 18.2 Å². The molecule has 106 valence electrons. The predicted octanol–water partition coefficient (Wildman–Crippen LogP) is 1.49. The summed E-state index contributed by atoms with van der Waals surface area (Å²) in [6, 6.07) is 2.89. The van der Waals surface area contributed by atoms with Gasteiger partial charge in [-0.2, -0.15) is 0 Å². The number of nitro benzene ring substituents is 1. The second-order valence-electron chi connectivity index (χ2n) is 3.82. The highest BCUT2D eigenvalue weighted by atomic mass is 35.5. The summed E-state index contributed by atoms with van der Waals surface area (Å²) in [5, 5.41) is 16.2. The molecule has 0 aliphatic heterocycles. The zero-order chi connectivity index (χ0) is 13.7. The Balaban J connectivity index is 0.00000324. The molecule has 0 spiro atoms. The fourth-order valence-electron chi connectivity index (χ4n) is 1.29. The first-order valence-corrected chi connectivity index (χ1v) is 5.35. The van der Waals surface area contributed by atoms with Crippen LogP contribution in [-0.4, -0.2) is 30.5 Å². The quantitative estimate of drug-likeness (QED) is 0.636. The Hall–Kier alpha value is -1.73. The predicted molar refractivity (Wildman–Crippen MR) is 71.2 cm³/mol. The number of nitrogens with zero attached hydrogens (tertiary/aromatic N) is 1. The molecule has 0 heterocycles. The number of nitro groups is 1. The molecule has 0 aromatic heterocycles. The van der Waals surface area contributed by atoms with Crippen LogP contribution < -0.4 is 10.6 Å². The maximum Gasteiger partial charge on any atom is 0.285 e. The summed E-state index contributed by atoms with van der Waals surface area (Å²) in [6.07, 6.45) is 0. The molecular formula is C11H15ClFN3O3. The van der Waals surface area contributed by atoms with Gasteiger partial charge in [0.2, 0.25) is 0 Å². The van der Waals surface area contributed by atoms with E-state index in [-0.39, 0.29) is 24.0 Å². The monoisotopic (exact) mass is 291 g/mol. The number of halogens is 2. The lowest BCUT2D eigenvalue weighted by molar-refractivity contribution is -0.385. The lowest BCUT2D eigenvalue weighted by Crippen LogP contribution is -2.37. The number of likely N-dealkylation sites (N-methyl/N-ethyl adjacent to an activating group) is 1. The lowest BCUT2D eigenvalue weighted by atomic mass is 10.1. The van der Waals surface area contributed by atoms with Crippen LogP contribution in [0, 0.1) is 15.9 Å². The fourth-order valence-corrected chi connectivity index (χ4v) is 1.29. The minimum absolute atomic E-state index is 0. The highest BCUT2D eigenvalue weighted by Crippen LogP contribution is 2.19. The number of hydrogen-bond donors (Lipinski definition) is 2. The molecule has 1 unspecified atom stereocenters. The van der Waals surface area contributed by atoms with Gasteiger partial charge >= 0.3 is 0 Å². The zero-order valence-electron chi connectivity index (χ0n) is 10.5. The molecule has 1 aromatic rings. The third-order valence-electron chi connectivity index (χ3n) is 2.46. The van der Waals surface area contributed by atoms with E-state index in [9.17, 15) is 19.3 Å². The molecule has 0 bridgehead atoms. The molecule has 1 aromatic carbocycles. The SMILES string of the molecule is CNC(C)CNC(=O)c1ccc(F)cc1[N+](=O)[O-].Cl. The van der Waals surface area contributed by atoms with Crippen LogP contribution in [-0.2, 0) is 0 Å². The molecule has 8 heteroatoms. The van der Waals surface area contributed by atoms with Gasteiger partial charge in [-0.1, -0.05) is 0 Å². The van der Waals surface area contributed by atoms with Crippen LogP contribution in [0.5, 0.6) is 0 Å². The molecule has 0 aliphatic carbocycles. The summed E-state index contributed by atoms with van der Waals surface area (Å²) in [5.41, 5.74) is -0.686.